The van der Waals surface area contributed by atoms with Crippen LogP contribution in [-0.2, 0) is 4.79 Å². The van der Waals surface area contributed by atoms with Gasteiger partial charge in [-0.2, -0.15) is 0 Å². The summed E-state index contributed by atoms with van der Waals surface area (Å²) >= 11 is 5.93. The van der Waals surface area contributed by atoms with Crippen LogP contribution in [0.25, 0.3) is 0 Å². The number of nitrogens with zero attached hydrogens (tertiary/aromatic N) is 2. The van der Waals surface area contributed by atoms with Crippen molar-refractivity contribution in [1.29, 1.82) is 0 Å². The molecule has 2 N–H and O–H groups in total. The molecule has 0 saturated carbocycles. The van der Waals surface area contributed by atoms with Gasteiger partial charge in [-0.25, -0.2) is 4.39 Å². The zero-order chi connectivity index (χ0) is 17.1. The minimum absolute atomic E-state index is 0.0696. The molecule has 5 nitrogen and oxygen atoms in total. The molecule has 1 heterocycles. The number of halogens is 2. The van der Waals surface area contributed by atoms with Crippen LogP contribution in [0.1, 0.15) is 24.2 Å². The second kappa shape index (κ2) is 7.27. The molecule has 0 unspecified atom stereocenters. The summed E-state index contributed by atoms with van der Waals surface area (Å²) < 4.78 is 13.1. The molecule has 0 aromatic heterocycles. The molecule has 0 spiro atoms. The third kappa shape index (κ3) is 4.00. The fraction of sp³-hybridized carbons (Fsp3) is 0.500. The van der Waals surface area contributed by atoms with Gasteiger partial charge in [0.2, 0.25) is 5.91 Å². The molecular weight excluding hydrogens is 321 g/mol. The van der Waals surface area contributed by atoms with Crippen LogP contribution >= 0.6 is 11.6 Å². The summed E-state index contributed by atoms with van der Waals surface area (Å²) in [5.74, 6) is -0.757. The van der Waals surface area contributed by atoms with Gasteiger partial charge in [-0.1, -0.05) is 25.4 Å². The van der Waals surface area contributed by atoms with Crippen molar-refractivity contribution in [2.24, 2.45) is 11.7 Å². The van der Waals surface area contributed by atoms with Gasteiger partial charge < -0.3 is 15.5 Å². The molecular formula is C16H21ClFN3O2. The lowest BCUT2D eigenvalue weighted by atomic mass is 10.0. The van der Waals surface area contributed by atoms with E-state index in [0.29, 0.717) is 26.2 Å². The van der Waals surface area contributed by atoms with Gasteiger partial charge in [0.1, 0.15) is 5.82 Å². The van der Waals surface area contributed by atoms with Crippen molar-refractivity contribution >= 4 is 23.4 Å². The smallest absolute Gasteiger partial charge is 0.255 e. The van der Waals surface area contributed by atoms with Crippen molar-refractivity contribution < 1.29 is 14.0 Å². The summed E-state index contributed by atoms with van der Waals surface area (Å²) in [5.41, 5.74) is 6.16. The normalized spacial score (nSPS) is 16.6. The summed E-state index contributed by atoms with van der Waals surface area (Å²) in [6.45, 7) is 5.48. The van der Waals surface area contributed by atoms with E-state index < -0.39 is 11.9 Å². The minimum atomic E-state index is -0.524. The van der Waals surface area contributed by atoms with Gasteiger partial charge in [-0.05, 0) is 24.1 Å². The van der Waals surface area contributed by atoms with Crippen LogP contribution in [0.3, 0.4) is 0 Å². The van der Waals surface area contributed by atoms with E-state index in [0.717, 1.165) is 6.07 Å². The molecule has 1 saturated heterocycles. The van der Waals surface area contributed by atoms with Gasteiger partial charge in [0.05, 0.1) is 16.6 Å². The molecule has 2 amide bonds. The Labute approximate surface area is 140 Å². The van der Waals surface area contributed by atoms with E-state index in [2.05, 4.69) is 0 Å². The highest BCUT2D eigenvalue weighted by molar-refractivity contribution is 6.33. The van der Waals surface area contributed by atoms with Crippen molar-refractivity contribution in [3.63, 3.8) is 0 Å². The molecule has 1 aromatic rings. The molecule has 2 rings (SSSR count). The molecule has 1 aliphatic rings. The van der Waals surface area contributed by atoms with Crippen molar-refractivity contribution in [2.75, 3.05) is 26.2 Å². The third-order valence-electron chi connectivity index (χ3n) is 4.04. The van der Waals surface area contributed by atoms with E-state index in [-0.39, 0.29) is 28.3 Å². The maximum absolute atomic E-state index is 13.1. The molecule has 1 fully saturated rings. The van der Waals surface area contributed by atoms with E-state index in [1.807, 2.05) is 13.8 Å². The van der Waals surface area contributed by atoms with Crippen LogP contribution in [0.4, 0.5) is 4.39 Å². The lowest BCUT2D eigenvalue weighted by Crippen LogP contribution is -2.55. The standard InChI is InChI=1S/C16H21ClFN3O2/c1-10(2)14(19)16(23)21-7-5-20(6-8-21)15(22)12-4-3-11(18)9-13(12)17/h3-4,9-10,14H,5-8,19H2,1-2H3/t14-/m0/s1. The molecule has 0 aliphatic carbocycles. The fourth-order valence-corrected chi connectivity index (χ4v) is 2.71. The average molecular weight is 342 g/mol. The van der Waals surface area contributed by atoms with E-state index >= 15 is 0 Å². The van der Waals surface area contributed by atoms with E-state index in [1.165, 1.54) is 12.1 Å². The molecule has 0 radical (unpaired) electrons. The van der Waals surface area contributed by atoms with Gasteiger partial charge in [0.25, 0.3) is 5.91 Å². The molecule has 1 atom stereocenters. The van der Waals surface area contributed by atoms with Gasteiger partial charge in [-0.3, -0.25) is 9.59 Å². The molecule has 1 aliphatic heterocycles. The highest BCUT2D eigenvalue weighted by atomic mass is 35.5. The number of hydrogen-bond donors (Lipinski definition) is 1. The predicted molar refractivity (Wildman–Crippen MR) is 86.7 cm³/mol. The quantitative estimate of drug-likeness (QED) is 0.910. The Balaban J connectivity index is 1.99. The summed E-state index contributed by atoms with van der Waals surface area (Å²) in [4.78, 5) is 27.9. The van der Waals surface area contributed by atoms with Crippen molar-refractivity contribution in [1.82, 2.24) is 9.80 Å². The van der Waals surface area contributed by atoms with E-state index in [1.54, 1.807) is 9.80 Å². The number of rotatable bonds is 3. The lowest BCUT2D eigenvalue weighted by Gasteiger charge is -2.36. The van der Waals surface area contributed by atoms with Crippen molar-refractivity contribution in [3.05, 3.63) is 34.6 Å². The fourth-order valence-electron chi connectivity index (χ4n) is 2.46. The molecule has 7 heteroatoms. The van der Waals surface area contributed by atoms with Crippen LogP contribution < -0.4 is 5.73 Å². The number of carbonyl (C=O) groups excluding carboxylic acids is 2. The van der Waals surface area contributed by atoms with Gasteiger partial charge in [0, 0.05) is 26.2 Å². The van der Waals surface area contributed by atoms with E-state index in [4.69, 9.17) is 17.3 Å². The Morgan fingerprint density at radius 2 is 1.74 bits per heavy atom. The maximum atomic E-state index is 13.1. The van der Waals surface area contributed by atoms with Crippen molar-refractivity contribution in [2.45, 2.75) is 19.9 Å². The summed E-state index contributed by atoms with van der Waals surface area (Å²) in [5, 5.41) is 0.0929. The second-order valence-electron chi connectivity index (χ2n) is 6.01. The Bertz CT molecular complexity index is 601. The first-order valence-electron chi connectivity index (χ1n) is 7.60. The Kier molecular flexibility index (Phi) is 5.59. The van der Waals surface area contributed by atoms with Crippen LogP contribution in [0.15, 0.2) is 18.2 Å². The van der Waals surface area contributed by atoms with Crippen LogP contribution in [0.5, 0.6) is 0 Å². The average Bonchev–Trinajstić information content (AvgIpc) is 2.53. The lowest BCUT2D eigenvalue weighted by molar-refractivity contribution is -0.135. The number of amides is 2. The van der Waals surface area contributed by atoms with Gasteiger partial charge >= 0.3 is 0 Å². The maximum Gasteiger partial charge on any atom is 0.255 e. The van der Waals surface area contributed by atoms with E-state index in [9.17, 15) is 14.0 Å². The number of carbonyl (C=O) groups is 2. The predicted octanol–water partition coefficient (Wildman–Crippen LogP) is 1.75. The summed E-state index contributed by atoms with van der Waals surface area (Å²) in [6.07, 6.45) is 0. The first-order chi connectivity index (χ1) is 10.8. The molecule has 23 heavy (non-hydrogen) atoms. The minimum Gasteiger partial charge on any atom is -0.338 e. The Morgan fingerprint density at radius 1 is 1.17 bits per heavy atom. The largest absolute Gasteiger partial charge is 0.338 e. The van der Waals surface area contributed by atoms with Crippen LogP contribution in [0, 0.1) is 11.7 Å². The number of piperazine rings is 1. The second-order valence-corrected chi connectivity index (χ2v) is 6.42. The molecule has 126 valence electrons. The number of hydrogen-bond acceptors (Lipinski definition) is 3. The van der Waals surface area contributed by atoms with Crippen molar-refractivity contribution in [3.8, 4) is 0 Å². The summed E-state index contributed by atoms with van der Waals surface area (Å²) in [6, 6.07) is 3.19. The number of benzene rings is 1. The van der Waals surface area contributed by atoms with Gasteiger partial charge in [-0.15, -0.1) is 0 Å². The Hall–Kier alpha value is -1.66. The number of nitrogens with two attached hydrogens (primary N) is 1. The monoisotopic (exact) mass is 341 g/mol. The van der Waals surface area contributed by atoms with Crippen LogP contribution in [0.2, 0.25) is 5.02 Å². The summed E-state index contributed by atoms with van der Waals surface area (Å²) in [7, 11) is 0. The first-order valence-corrected chi connectivity index (χ1v) is 7.97. The zero-order valence-corrected chi connectivity index (χ0v) is 14.0. The SMILES string of the molecule is CC(C)[C@H](N)C(=O)N1CCN(C(=O)c2ccc(F)cc2Cl)CC1. The topological polar surface area (TPSA) is 66.6 Å². The zero-order valence-electron chi connectivity index (χ0n) is 13.3. The molecule has 0 bridgehead atoms. The highest BCUT2D eigenvalue weighted by Gasteiger charge is 2.29. The highest BCUT2D eigenvalue weighted by Crippen LogP contribution is 2.20. The van der Waals surface area contributed by atoms with Gasteiger partial charge in [0.15, 0.2) is 0 Å². The Morgan fingerprint density at radius 3 is 2.26 bits per heavy atom. The van der Waals surface area contributed by atoms with Crippen LogP contribution in [-0.4, -0.2) is 53.8 Å². The first kappa shape index (κ1) is 17.7. The third-order valence-corrected chi connectivity index (χ3v) is 4.36. The molecule has 1 aromatic carbocycles.